The van der Waals surface area contributed by atoms with Gasteiger partial charge in [0.1, 0.15) is 12.1 Å². The van der Waals surface area contributed by atoms with Crippen LogP contribution in [0.25, 0.3) is 11.2 Å². The molecule has 3 aromatic rings. The Hall–Kier alpha value is -6.03. The summed E-state index contributed by atoms with van der Waals surface area (Å²) in [7, 11) is 0. The van der Waals surface area contributed by atoms with Crippen molar-refractivity contribution >= 4 is 71.0 Å². The summed E-state index contributed by atoms with van der Waals surface area (Å²) < 4.78 is 0. The summed E-state index contributed by atoms with van der Waals surface area (Å²) in [6.45, 7) is 0.224. The Morgan fingerprint density at radius 3 is 2.36 bits per heavy atom. The smallest absolute Gasteiger partial charge is 0.357 e. The minimum Gasteiger partial charge on any atom is -0.480 e. The highest BCUT2D eigenvalue weighted by atomic mass is 32.1. The molecule has 0 spiro atoms. The number of H-pyrrole nitrogens is 1. The SMILES string of the molecule is NC(N)=NCCC[C@@H](NC(=O)CCC(O)(NC(=O)c1ccc(NCc2cnc3nc(N)[nH]c(=O)c3n2)cc1)C(=O)O)C(=O)N[C@H](CS)C(=O)O. The predicted octanol–water partition coefficient (Wildman–Crippen LogP) is -2.77. The van der Waals surface area contributed by atoms with Gasteiger partial charge in [0.15, 0.2) is 17.1 Å². The molecular formula is C28H36N12O9S. The van der Waals surface area contributed by atoms with Gasteiger partial charge < -0.3 is 53.8 Å². The molecule has 0 aliphatic carbocycles. The molecule has 0 fully saturated rings. The van der Waals surface area contributed by atoms with E-state index in [2.05, 4.69) is 53.5 Å². The third kappa shape index (κ3) is 11.0. The molecule has 21 nitrogen and oxygen atoms in total. The second kappa shape index (κ2) is 17.4. The van der Waals surface area contributed by atoms with Crippen molar-refractivity contribution in [1.29, 1.82) is 0 Å². The number of aliphatic carboxylic acids is 2. The van der Waals surface area contributed by atoms with Gasteiger partial charge in [-0.15, -0.1) is 0 Å². The number of carbonyl (C=O) groups excluding carboxylic acids is 3. The second-order valence-corrected chi connectivity index (χ2v) is 11.1. The van der Waals surface area contributed by atoms with E-state index in [4.69, 9.17) is 17.2 Å². The summed E-state index contributed by atoms with van der Waals surface area (Å²) >= 11 is 3.89. The molecule has 50 heavy (non-hydrogen) atoms. The van der Waals surface area contributed by atoms with Crippen molar-refractivity contribution in [2.24, 2.45) is 16.5 Å². The zero-order chi connectivity index (χ0) is 37.0. The maximum absolute atomic E-state index is 12.9. The molecule has 0 aliphatic heterocycles. The zero-order valence-electron chi connectivity index (χ0n) is 26.3. The van der Waals surface area contributed by atoms with Crippen molar-refractivity contribution in [3.05, 3.63) is 52.1 Å². The second-order valence-electron chi connectivity index (χ2n) is 10.7. The maximum atomic E-state index is 12.9. The minimum atomic E-state index is -2.89. The van der Waals surface area contributed by atoms with Crippen LogP contribution in [0.2, 0.25) is 0 Å². The van der Waals surface area contributed by atoms with E-state index in [1.54, 1.807) is 0 Å². The van der Waals surface area contributed by atoms with Crippen LogP contribution >= 0.6 is 12.6 Å². The van der Waals surface area contributed by atoms with E-state index in [0.717, 1.165) is 0 Å². The van der Waals surface area contributed by atoms with Gasteiger partial charge in [-0.3, -0.25) is 29.2 Å². The number of anilines is 2. The van der Waals surface area contributed by atoms with Crippen LogP contribution in [0.5, 0.6) is 0 Å². The first-order chi connectivity index (χ1) is 23.6. The predicted molar refractivity (Wildman–Crippen MR) is 181 cm³/mol. The third-order valence-electron chi connectivity index (χ3n) is 6.89. The third-order valence-corrected chi connectivity index (χ3v) is 7.25. The number of hydrogen-bond donors (Lipinski definition) is 12. The molecule has 1 unspecified atom stereocenters. The Kier molecular flexibility index (Phi) is 13.4. The number of aliphatic imine (C=N–C) groups is 1. The number of carbonyl (C=O) groups is 5. The summed E-state index contributed by atoms with van der Waals surface area (Å²) in [6.07, 6.45) is 0.114. The van der Waals surface area contributed by atoms with Crippen LogP contribution in [-0.2, 0) is 25.7 Å². The number of aliphatic hydroxyl groups is 1. The summed E-state index contributed by atoms with van der Waals surface area (Å²) in [5, 5.41) is 39.3. The molecule has 3 amide bonds. The Balaban J connectivity index is 1.60. The number of amides is 3. The van der Waals surface area contributed by atoms with E-state index in [-0.39, 0.29) is 60.3 Å². The first-order valence-electron chi connectivity index (χ1n) is 14.7. The van der Waals surface area contributed by atoms with Gasteiger partial charge >= 0.3 is 11.9 Å². The van der Waals surface area contributed by atoms with E-state index >= 15 is 0 Å². The van der Waals surface area contributed by atoms with Gasteiger partial charge in [0.05, 0.1) is 18.4 Å². The number of nitrogens with zero attached hydrogens (tertiary/aromatic N) is 4. The molecule has 22 heteroatoms. The van der Waals surface area contributed by atoms with Crippen molar-refractivity contribution in [1.82, 2.24) is 35.9 Å². The highest BCUT2D eigenvalue weighted by Crippen LogP contribution is 2.15. The van der Waals surface area contributed by atoms with Gasteiger partial charge in [-0.25, -0.2) is 19.6 Å². The lowest BCUT2D eigenvalue weighted by Crippen LogP contribution is -2.55. The fourth-order valence-corrected chi connectivity index (χ4v) is 4.51. The first kappa shape index (κ1) is 38.4. The number of aromatic amines is 1. The van der Waals surface area contributed by atoms with E-state index < -0.39 is 65.9 Å². The quantitative estimate of drug-likeness (QED) is 0.0208. The highest BCUT2D eigenvalue weighted by Gasteiger charge is 2.38. The number of nitrogens with two attached hydrogens (primary N) is 3. The van der Waals surface area contributed by atoms with Crippen LogP contribution < -0.4 is 44.0 Å². The molecule has 3 rings (SSSR count). The number of guanidine groups is 1. The number of benzene rings is 1. The Bertz CT molecular complexity index is 1820. The topological polar surface area (TPSA) is 356 Å². The molecule has 0 saturated carbocycles. The van der Waals surface area contributed by atoms with Crippen molar-refractivity contribution in [2.45, 2.75) is 50.0 Å². The number of hydrogen-bond acceptors (Lipinski definition) is 14. The molecule has 0 aliphatic rings. The molecule has 0 bridgehead atoms. The van der Waals surface area contributed by atoms with Gasteiger partial charge in [0.2, 0.25) is 23.5 Å². The fourth-order valence-electron chi connectivity index (χ4n) is 4.26. The van der Waals surface area contributed by atoms with Crippen LogP contribution in [0.15, 0.2) is 40.2 Å². The molecule has 3 atom stereocenters. The van der Waals surface area contributed by atoms with Crippen LogP contribution in [0.3, 0.4) is 0 Å². The molecule has 2 aromatic heterocycles. The fraction of sp³-hybridized carbons (Fsp3) is 0.357. The lowest BCUT2D eigenvalue weighted by molar-refractivity contribution is -0.162. The molecule has 268 valence electrons. The molecule has 0 radical (unpaired) electrons. The average molecular weight is 717 g/mol. The van der Waals surface area contributed by atoms with Crippen molar-refractivity contribution in [3.63, 3.8) is 0 Å². The number of nitrogens with one attached hydrogen (secondary N) is 5. The van der Waals surface area contributed by atoms with Crippen LogP contribution in [-0.4, -0.2) is 101 Å². The van der Waals surface area contributed by atoms with Gasteiger partial charge in [0, 0.05) is 36.4 Å². The summed E-state index contributed by atoms with van der Waals surface area (Å²) in [5.74, 6) is -6.45. The van der Waals surface area contributed by atoms with Gasteiger partial charge in [-0.1, -0.05) is 0 Å². The number of rotatable bonds is 18. The number of nitrogen functional groups attached to an aromatic ring is 1. The monoisotopic (exact) mass is 716 g/mol. The summed E-state index contributed by atoms with van der Waals surface area (Å²) in [4.78, 5) is 92.1. The first-order valence-corrected chi connectivity index (χ1v) is 15.4. The molecule has 2 heterocycles. The standard InChI is InChI=1S/C28H36N12O9S/c29-26(30)32-9-1-2-16(22(43)37-17(12-50)24(45)46)36-18(41)7-8-28(49,25(47)48)40-21(42)13-3-5-14(6-4-13)33-10-15-11-34-20-19(35-15)23(44)39-27(31)38-20/h3-6,11,16-17,33,49-50H,1-2,7-10,12H2,(H,36,41)(H,37,43)(H,40,42)(H,45,46)(H,47,48)(H4,29,30,32)(H3,31,34,38,39,44)/t16-,17-,28?/m1/s1. The molecule has 14 N–H and O–H groups in total. The number of thiol groups is 1. The highest BCUT2D eigenvalue weighted by molar-refractivity contribution is 7.80. The molecule has 1 aromatic carbocycles. The van der Waals surface area contributed by atoms with Gasteiger partial charge in [-0.2, -0.15) is 17.6 Å². The van der Waals surface area contributed by atoms with Crippen molar-refractivity contribution in [2.75, 3.05) is 23.3 Å². The van der Waals surface area contributed by atoms with Crippen LogP contribution in [0.1, 0.15) is 41.7 Å². The molecule has 0 saturated heterocycles. The van der Waals surface area contributed by atoms with E-state index in [0.29, 0.717) is 11.4 Å². The summed E-state index contributed by atoms with van der Waals surface area (Å²) in [6, 6.07) is 3.04. The normalized spacial score (nSPS) is 13.2. The number of carboxylic acids is 2. The van der Waals surface area contributed by atoms with E-state index in [9.17, 15) is 44.1 Å². The minimum absolute atomic E-state index is 0.00289. The maximum Gasteiger partial charge on any atom is 0.357 e. The Morgan fingerprint density at radius 2 is 1.74 bits per heavy atom. The lowest BCUT2D eigenvalue weighted by Gasteiger charge is -2.25. The van der Waals surface area contributed by atoms with Gasteiger partial charge in [0.25, 0.3) is 11.5 Å². The van der Waals surface area contributed by atoms with Gasteiger partial charge in [-0.05, 0) is 37.1 Å². The zero-order valence-corrected chi connectivity index (χ0v) is 27.1. The van der Waals surface area contributed by atoms with Crippen LogP contribution in [0.4, 0.5) is 11.6 Å². The largest absolute Gasteiger partial charge is 0.480 e. The van der Waals surface area contributed by atoms with Crippen LogP contribution in [0, 0.1) is 0 Å². The molecular weight excluding hydrogens is 680 g/mol. The Morgan fingerprint density at radius 1 is 1.04 bits per heavy atom. The Labute approximate surface area is 288 Å². The summed E-state index contributed by atoms with van der Waals surface area (Å²) in [5.41, 5.74) is 13.6. The lowest BCUT2D eigenvalue weighted by atomic mass is 10.0. The number of aromatic nitrogens is 4. The van der Waals surface area contributed by atoms with E-state index in [1.807, 2.05) is 5.32 Å². The average Bonchev–Trinajstić information content (AvgIpc) is 3.06. The number of fused-ring (bicyclic) bond motifs is 1. The van der Waals surface area contributed by atoms with Crippen molar-refractivity contribution in [3.8, 4) is 0 Å². The van der Waals surface area contributed by atoms with Crippen molar-refractivity contribution < 1.29 is 39.3 Å². The number of carboxylic acid groups (broad SMARTS) is 2. The van der Waals surface area contributed by atoms with E-state index in [1.165, 1.54) is 30.5 Å².